The number of halogens is 3. The van der Waals surface area contributed by atoms with Crippen LogP contribution in [0.1, 0.15) is 13.8 Å². The fourth-order valence-corrected chi connectivity index (χ4v) is 4.25. The van der Waals surface area contributed by atoms with Crippen molar-refractivity contribution in [1.29, 1.82) is 0 Å². The number of amides is 3. The maximum atomic E-state index is 14.7. The number of ether oxygens (including phenoxy) is 2. The van der Waals surface area contributed by atoms with Gasteiger partial charge in [-0.1, -0.05) is 25.4 Å². The average molecular weight is 561 g/mol. The highest BCUT2D eigenvalue weighted by molar-refractivity contribution is 7.97. The summed E-state index contributed by atoms with van der Waals surface area (Å²) in [7, 11) is 1.62. The number of carbonyl (C=O) groups excluding carboxylic acids is 2. The molecule has 1 fully saturated rings. The van der Waals surface area contributed by atoms with Crippen molar-refractivity contribution in [2.24, 2.45) is 0 Å². The van der Waals surface area contributed by atoms with Crippen molar-refractivity contribution in [3.63, 3.8) is 0 Å². The third-order valence-electron chi connectivity index (χ3n) is 4.98. The highest BCUT2D eigenvalue weighted by Crippen LogP contribution is 2.33. The quantitative estimate of drug-likeness (QED) is 0.262. The second kappa shape index (κ2) is 15.6. The zero-order chi connectivity index (χ0) is 27.4. The Bertz CT molecular complexity index is 1010. The van der Waals surface area contributed by atoms with Crippen molar-refractivity contribution in [2.75, 3.05) is 53.0 Å². The average Bonchev–Trinajstić information content (AvgIpc) is 2.91. The van der Waals surface area contributed by atoms with Gasteiger partial charge in [0.15, 0.2) is 17.4 Å². The van der Waals surface area contributed by atoms with E-state index in [1.54, 1.807) is 11.9 Å². The van der Waals surface area contributed by atoms with Gasteiger partial charge in [-0.3, -0.25) is 10.0 Å². The number of hydrogen-bond donors (Lipinski definition) is 2. The zero-order valence-corrected chi connectivity index (χ0v) is 22.5. The van der Waals surface area contributed by atoms with E-state index in [0.29, 0.717) is 31.3 Å². The van der Waals surface area contributed by atoms with Gasteiger partial charge in [-0.25, -0.2) is 23.4 Å². The lowest BCUT2D eigenvalue weighted by Crippen LogP contribution is -2.48. The summed E-state index contributed by atoms with van der Waals surface area (Å²) in [6.45, 7) is 6.02. The minimum absolute atomic E-state index is 0.163. The predicted molar refractivity (Wildman–Crippen MR) is 137 cm³/mol. The van der Waals surface area contributed by atoms with Gasteiger partial charge in [-0.2, -0.15) is 0 Å². The van der Waals surface area contributed by atoms with Crippen molar-refractivity contribution in [2.45, 2.75) is 18.7 Å². The Kier molecular flexibility index (Phi) is 12.9. The first-order valence-electron chi connectivity index (χ1n) is 11.6. The summed E-state index contributed by atoms with van der Waals surface area (Å²) in [4.78, 5) is 27.6. The van der Waals surface area contributed by atoms with Crippen LogP contribution in [0.15, 0.2) is 41.3 Å². The van der Waals surface area contributed by atoms with Crippen LogP contribution in [0.4, 0.5) is 13.6 Å². The van der Waals surface area contributed by atoms with Crippen LogP contribution < -0.4 is 10.2 Å². The van der Waals surface area contributed by atoms with Gasteiger partial charge in [0.25, 0.3) is 5.91 Å². The van der Waals surface area contributed by atoms with E-state index in [0.717, 1.165) is 24.1 Å². The van der Waals surface area contributed by atoms with Crippen LogP contribution in [0, 0.1) is 11.6 Å². The number of nitrogens with zero attached hydrogens (tertiary/aromatic N) is 3. The molecule has 0 aromatic heterocycles. The molecule has 0 radical (unpaired) electrons. The maximum Gasteiger partial charge on any atom is 0.319 e. The van der Waals surface area contributed by atoms with Crippen LogP contribution in [0.2, 0.25) is 5.02 Å². The zero-order valence-electron chi connectivity index (χ0n) is 20.9. The number of carbonyl (C=O) groups is 2. The number of morpholine rings is 1. The minimum atomic E-state index is -0.936. The summed E-state index contributed by atoms with van der Waals surface area (Å²) in [5, 5.41) is 9.36. The molecule has 0 unspecified atom stereocenters. The number of hydrogen-bond acceptors (Lipinski definition) is 7. The summed E-state index contributed by atoms with van der Waals surface area (Å²) in [6.07, 6.45) is 0. The first-order valence-corrected chi connectivity index (χ1v) is 12.8. The molecule has 2 N–H and O–H groups in total. The third kappa shape index (κ3) is 9.63. The Balaban J connectivity index is 0.00000235. The first-order chi connectivity index (χ1) is 17.8. The van der Waals surface area contributed by atoms with Crippen LogP contribution in [0.5, 0.6) is 11.5 Å². The molecule has 2 aromatic carbocycles. The molecule has 3 amide bonds. The second-order valence-electron chi connectivity index (χ2n) is 7.57. The fourth-order valence-electron chi connectivity index (χ4n) is 3.16. The summed E-state index contributed by atoms with van der Waals surface area (Å²) < 4.78 is 41.4. The van der Waals surface area contributed by atoms with Gasteiger partial charge in [-0.05, 0) is 48.3 Å². The van der Waals surface area contributed by atoms with Gasteiger partial charge in [0.05, 0.1) is 19.8 Å². The first kappa shape index (κ1) is 30.6. The number of benzene rings is 2. The van der Waals surface area contributed by atoms with Crippen molar-refractivity contribution >= 4 is 35.5 Å². The van der Waals surface area contributed by atoms with E-state index in [-0.39, 0.29) is 36.3 Å². The Hall–Kier alpha value is -2.64. The van der Waals surface area contributed by atoms with Crippen LogP contribution in [0.25, 0.3) is 0 Å². The molecule has 13 heteroatoms. The SMILES string of the molecule is CC.CN(CCN(CC(=O)NO)Sc1cc(F)c(Oc2ccc(Cl)cc2)c(F)c1)C(=O)N1CCOCC1. The molecule has 1 aliphatic heterocycles. The Morgan fingerprint density at radius 3 is 2.30 bits per heavy atom. The van der Waals surface area contributed by atoms with Crippen molar-refractivity contribution in [3.8, 4) is 11.5 Å². The van der Waals surface area contributed by atoms with Gasteiger partial charge in [0, 0.05) is 43.1 Å². The van der Waals surface area contributed by atoms with Gasteiger partial charge < -0.3 is 19.3 Å². The lowest BCUT2D eigenvalue weighted by molar-refractivity contribution is -0.129. The van der Waals surface area contributed by atoms with E-state index in [4.69, 9.17) is 26.3 Å². The molecule has 204 valence electrons. The van der Waals surface area contributed by atoms with Gasteiger partial charge in [0.2, 0.25) is 0 Å². The predicted octanol–water partition coefficient (Wildman–Crippen LogP) is 4.64. The number of nitrogens with one attached hydrogen (secondary N) is 1. The second-order valence-corrected chi connectivity index (χ2v) is 9.17. The molecule has 0 saturated carbocycles. The molecule has 3 rings (SSSR count). The summed E-state index contributed by atoms with van der Waals surface area (Å²) >= 11 is 6.71. The third-order valence-corrected chi connectivity index (χ3v) is 6.25. The van der Waals surface area contributed by atoms with E-state index >= 15 is 0 Å². The minimum Gasteiger partial charge on any atom is -0.451 e. The molecule has 0 spiro atoms. The monoisotopic (exact) mass is 560 g/mol. The topological polar surface area (TPSA) is 94.6 Å². The fraction of sp³-hybridized carbons (Fsp3) is 0.417. The van der Waals surface area contributed by atoms with Gasteiger partial charge in [0.1, 0.15) is 5.75 Å². The highest BCUT2D eigenvalue weighted by Gasteiger charge is 2.22. The maximum absolute atomic E-state index is 14.7. The van der Waals surface area contributed by atoms with Crippen molar-refractivity contribution < 1.29 is 33.1 Å². The number of hydroxylamine groups is 1. The van der Waals surface area contributed by atoms with E-state index in [1.807, 2.05) is 13.8 Å². The highest BCUT2D eigenvalue weighted by atomic mass is 35.5. The van der Waals surface area contributed by atoms with Crippen LogP contribution in [-0.2, 0) is 9.53 Å². The van der Waals surface area contributed by atoms with Crippen LogP contribution in [0.3, 0.4) is 0 Å². The molecule has 9 nitrogen and oxygen atoms in total. The van der Waals surface area contributed by atoms with Crippen LogP contribution in [-0.4, -0.2) is 84.2 Å². The largest absolute Gasteiger partial charge is 0.451 e. The molecule has 0 atom stereocenters. The standard InChI is InChI=1S/C22H25ClF2N4O5S.C2H6/c1-27(22(31)28-8-10-33-11-9-28)6-7-29(14-20(30)26-32)35-17-12-18(24)21(19(25)13-17)34-16-4-2-15(23)3-5-16;1-2/h2-5,12-13,32H,6-11,14H2,1H3,(H,26,30);1-2H3. The molecule has 1 saturated heterocycles. The van der Waals surface area contributed by atoms with Crippen LogP contribution >= 0.6 is 23.5 Å². The van der Waals surface area contributed by atoms with E-state index in [9.17, 15) is 18.4 Å². The van der Waals surface area contributed by atoms with E-state index in [1.165, 1.54) is 39.0 Å². The molecule has 1 heterocycles. The molecular formula is C24H31ClF2N4O5S. The van der Waals surface area contributed by atoms with E-state index in [2.05, 4.69) is 0 Å². The summed E-state index contributed by atoms with van der Waals surface area (Å²) in [5.74, 6) is -2.96. The molecule has 2 aromatic rings. The van der Waals surface area contributed by atoms with Crippen molar-refractivity contribution in [3.05, 3.63) is 53.1 Å². The normalized spacial score (nSPS) is 13.0. The van der Waals surface area contributed by atoms with Gasteiger partial charge in [-0.15, -0.1) is 0 Å². The Morgan fingerprint density at radius 2 is 1.73 bits per heavy atom. The smallest absolute Gasteiger partial charge is 0.319 e. The lowest BCUT2D eigenvalue weighted by Gasteiger charge is -2.32. The number of rotatable bonds is 9. The molecule has 0 bridgehead atoms. The number of likely N-dealkylation sites (N-methyl/N-ethyl adjacent to an activating group) is 1. The summed E-state index contributed by atoms with van der Waals surface area (Å²) in [6, 6.07) is 7.98. The van der Waals surface area contributed by atoms with E-state index < -0.39 is 23.3 Å². The number of urea groups is 1. The lowest BCUT2D eigenvalue weighted by atomic mass is 10.3. The summed E-state index contributed by atoms with van der Waals surface area (Å²) in [5.41, 5.74) is 1.53. The van der Waals surface area contributed by atoms with Crippen molar-refractivity contribution in [1.82, 2.24) is 19.6 Å². The molecular weight excluding hydrogens is 530 g/mol. The van der Waals surface area contributed by atoms with Gasteiger partial charge >= 0.3 is 6.03 Å². The molecule has 0 aliphatic carbocycles. The molecule has 1 aliphatic rings. The Labute approximate surface area is 224 Å². The molecule has 37 heavy (non-hydrogen) atoms. The Morgan fingerprint density at radius 1 is 1.14 bits per heavy atom.